The van der Waals surface area contributed by atoms with Crippen molar-refractivity contribution in [3.05, 3.63) is 35.9 Å². The first-order chi connectivity index (χ1) is 7.63. The van der Waals surface area contributed by atoms with Crippen LogP contribution in [0.15, 0.2) is 30.3 Å². The second-order valence-corrected chi connectivity index (χ2v) is 3.78. The molecule has 4 nitrogen and oxygen atoms in total. The lowest BCUT2D eigenvalue weighted by Gasteiger charge is -2.14. The van der Waals surface area contributed by atoms with Crippen molar-refractivity contribution in [2.75, 3.05) is 20.6 Å². The van der Waals surface area contributed by atoms with E-state index in [1.165, 1.54) is 0 Å². The summed E-state index contributed by atoms with van der Waals surface area (Å²) in [6.45, 7) is 0.283. The fourth-order valence-electron chi connectivity index (χ4n) is 1.33. The van der Waals surface area contributed by atoms with E-state index in [4.69, 9.17) is 5.26 Å². The lowest BCUT2D eigenvalue weighted by atomic mass is 10.1. The van der Waals surface area contributed by atoms with Gasteiger partial charge in [-0.25, -0.2) is 0 Å². The van der Waals surface area contributed by atoms with Crippen LogP contribution in [-0.4, -0.2) is 31.4 Å². The maximum atomic E-state index is 11.5. The highest BCUT2D eigenvalue weighted by Gasteiger charge is 2.13. The predicted molar refractivity (Wildman–Crippen MR) is 61.5 cm³/mol. The van der Waals surface area contributed by atoms with Crippen molar-refractivity contribution < 1.29 is 4.79 Å². The Balaban J connectivity index is 2.64. The van der Waals surface area contributed by atoms with Gasteiger partial charge in [-0.15, -0.1) is 0 Å². The quantitative estimate of drug-likeness (QED) is 0.816. The Morgan fingerprint density at radius 3 is 2.56 bits per heavy atom. The van der Waals surface area contributed by atoms with E-state index >= 15 is 0 Å². The van der Waals surface area contributed by atoms with E-state index < -0.39 is 6.04 Å². The Morgan fingerprint density at radius 2 is 2.06 bits per heavy atom. The van der Waals surface area contributed by atoms with Crippen LogP contribution in [-0.2, 0) is 4.79 Å². The van der Waals surface area contributed by atoms with Gasteiger partial charge in [0.2, 0.25) is 5.91 Å². The lowest BCUT2D eigenvalue weighted by Crippen LogP contribution is -2.35. The van der Waals surface area contributed by atoms with Gasteiger partial charge in [0.1, 0.15) is 6.04 Å². The average Bonchev–Trinajstić information content (AvgIpc) is 2.26. The van der Waals surface area contributed by atoms with Crippen molar-refractivity contribution >= 4 is 5.91 Å². The molecule has 0 aliphatic carbocycles. The maximum Gasteiger partial charge on any atom is 0.235 e. The number of carbonyl (C=O) groups excluding carboxylic acids is 1. The molecule has 1 N–H and O–H groups in total. The summed E-state index contributed by atoms with van der Waals surface area (Å²) in [7, 11) is 3.62. The Bertz CT molecular complexity index is 381. The molecular weight excluding hydrogens is 202 g/mol. The molecular formula is C12H15N3O. The van der Waals surface area contributed by atoms with E-state index in [1.54, 1.807) is 4.90 Å². The van der Waals surface area contributed by atoms with Gasteiger partial charge >= 0.3 is 0 Å². The molecule has 1 atom stereocenters. The molecule has 0 bridgehead atoms. The minimum atomic E-state index is -0.575. The molecule has 1 amide bonds. The topological polar surface area (TPSA) is 56.1 Å². The average molecular weight is 217 g/mol. The Kier molecular flexibility index (Phi) is 4.49. The molecule has 1 aromatic carbocycles. The normalized spacial score (nSPS) is 11.9. The molecule has 16 heavy (non-hydrogen) atoms. The second-order valence-electron chi connectivity index (χ2n) is 3.78. The molecule has 0 heterocycles. The number of nitrogens with one attached hydrogen (secondary N) is 1. The summed E-state index contributed by atoms with van der Waals surface area (Å²) < 4.78 is 0. The number of rotatable bonds is 4. The molecule has 0 aliphatic rings. The van der Waals surface area contributed by atoms with Gasteiger partial charge in [0.25, 0.3) is 0 Å². The molecule has 1 rings (SSSR count). The highest BCUT2D eigenvalue weighted by atomic mass is 16.2. The fraction of sp³-hybridized carbons (Fsp3) is 0.333. The third kappa shape index (κ3) is 3.71. The van der Waals surface area contributed by atoms with E-state index in [2.05, 4.69) is 11.4 Å². The van der Waals surface area contributed by atoms with Gasteiger partial charge in [0.05, 0.1) is 12.6 Å². The number of likely N-dealkylation sites (N-methyl/N-ethyl adjacent to an activating group) is 1. The lowest BCUT2D eigenvalue weighted by molar-refractivity contribution is -0.122. The number of hydrogen-bond donors (Lipinski definition) is 1. The van der Waals surface area contributed by atoms with Gasteiger partial charge in [0.15, 0.2) is 0 Å². The van der Waals surface area contributed by atoms with Gasteiger partial charge in [-0.2, -0.15) is 5.26 Å². The van der Waals surface area contributed by atoms with E-state index in [9.17, 15) is 4.79 Å². The molecule has 1 unspecified atom stereocenters. The zero-order chi connectivity index (χ0) is 12.0. The monoisotopic (exact) mass is 217 g/mol. The molecule has 0 aliphatic heterocycles. The number of carbonyl (C=O) groups is 1. The highest BCUT2D eigenvalue weighted by Crippen LogP contribution is 2.10. The van der Waals surface area contributed by atoms with Gasteiger partial charge in [-0.1, -0.05) is 30.3 Å². The van der Waals surface area contributed by atoms with Gasteiger partial charge < -0.3 is 10.2 Å². The Hall–Kier alpha value is -1.86. The van der Waals surface area contributed by atoms with E-state index in [0.717, 1.165) is 5.56 Å². The van der Waals surface area contributed by atoms with Crippen LogP contribution in [0.3, 0.4) is 0 Å². The molecule has 0 radical (unpaired) electrons. The van der Waals surface area contributed by atoms with Crippen LogP contribution < -0.4 is 5.32 Å². The summed E-state index contributed by atoms with van der Waals surface area (Å²) >= 11 is 0. The van der Waals surface area contributed by atoms with Crippen LogP contribution in [0.25, 0.3) is 0 Å². The number of nitrogens with zero attached hydrogens (tertiary/aromatic N) is 2. The Morgan fingerprint density at radius 1 is 1.44 bits per heavy atom. The fourth-order valence-corrected chi connectivity index (χ4v) is 1.33. The molecule has 0 aromatic heterocycles. The number of amides is 1. The van der Waals surface area contributed by atoms with Crippen molar-refractivity contribution in [3.63, 3.8) is 0 Å². The van der Waals surface area contributed by atoms with E-state index in [1.807, 2.05) is 44.4 Å². The standard InChI is InChI=1S/C12H15N3O/c1-15(2)9-12(16)14-11(8-13)10-6-4-3-5-7-10/h3-7,11H,9H2,1-2H3,(H,14,16). The number of nitriles is 1. The van der Waals surface area contributed by atoms with E-state index in [-0.39, 0.29) is 12.5 Å². The molecule has 0 saturated carbocycles. The summed E-state index contributed by atoms with van der Waals surface area (Å²) in [5.74, 6) is -0.152. The highest BCUT2D eigenvalue weighted by molar-refractivity contribution is 5.78. The van der Waals surface area contributed by atoms with Crippen molar-refractivity contribution in [2.45, 2.75) is 6.04 Å². The minimum absolute atomic E-state index is 0.152. The molecule has 0 saturated heterocycles. The largest absolute Gasteiger partial charge is 0.336 e. The molecule has 0 spiro atoms. The minimum Gasteiger partial charge on any atom is -0.336 e. The third-order valence-electron chi connectivity index (χ3n) is 2.03. The second kappa shape index (κ2) is 5.89. The summed E-state index contributed by atoms with van der Waals surface area (Å²) in [5.41, 5.74) is 0.803. The van der Waals surface area contributed by atoms with Crippen LogP contribution in [0.4, 0.5) is 0 Å². The maximum absolute atomic E-state index is 11.5. The first kappa shape index (κ1) is 12.2. The van der Waals surface area contributed by atoms with Crippen LogP contribution >= 0.6 is 0 Å². The zero-order valence-electron chi connectivity index (χ0n) is 9.47. The van der Waals surface area contributed by atoms with Crippen LogP contribution in [0.5, 0.6) is 0 Å². The van der Waals surface area contributed by atoms with Crippen LogP contribution in [0.1, 0.15) is 11.6 Å². The predicted octanol–water partition coefficient (Wildman–Crippen LogP) is 0.929. The SMILES string of the molecule is CN(C)CC(=O)NC(C#N)c1ccccc1. The summed E-state index contributed by atoms with van der Waals surface area (Å²) in [5, 5.41) is 11.7. The molecule has 1 aromatic rings. The molecule has 4 heteroatoms. The summed E-state index contributed by atoms with van der Waals surface area (Å²) in [6.07, 6.45) is 0. The van der Waals surface area contributed by atoms with Gasteiger partial charge in [0, 0.05) is 0 Å². The van der Waals surface area contributed by atoms with Crippen molar-refractivity contribution in [1.29, 1.82) is 5.26 Å². The van der Waals surface area contributed by atoms with E-state index in [0.29, 0.717) is 0 Å². The van der Waals surface area contributed by atoms with Gasteiger partial charge in [-0.3, -0.25) is 4.79 Å². The summed E-state index contributed by atoms with van der Waals surface area (Å²) in [6, 6.07) is 10.7. The van der Waals surface area contributed by atoms with Crippen molar-refractivity contribution in [3.8, 4) is 6.07 Å². The molecule has 84 valence electrons. The molecule has 0 fully saturated rings. The van der Waals surface area contributed by atoms with Crippen LogP contribution in [0, 0.1) is 11.3 Å². The number of hydrogen-bond acceptors (Lipinski definition) is 3. The first-order valence-corrected chi connectivity index (χ1v) is 5.02. The first-order valence-electron chi connectivity index (χ1n) is 5.02. The number of benzene rings is 1. The smallest absolute Gasteiger partial charge is 0.235 e. The van der Waals surface area contributed by atoms with Crippen molar-refractivity contribution in [2.24, 2.45) is 0 Å². The summed E-state index contributed by atoms with van der Waals surface area (Å²) in [4.78, 5) is 13.3. The third-order valence-corrected chi connectivity index (χ3v) is 2.03. The Labute approximate surface area is 95.5 Å². The zero-order valence-corrected chi connectivity index (χ0v) is 9.47. The van der Waals surface area contributed by atoms with Crippen molar-refractivity contribution in [1.82, 2.24) is 10.2 Å². The van der Waals surface area contributed by atoms with Crippen LogP contribution in [0.2, 0.25) is 0 Å². The van der Waals surface area contributed by atoms with Gasteiger partial charge in [-0.05, 0) is 19.7 Å².